The molecule has 4 fully saturated rings. The van der Waals surface area contributed by atoms with Gasteiger partial charge in [0.15, 0.2) is 5.82 Å². The third-order valence-corrected chi connectivity index (χ3v) is 10.8. The summed E-state index contributed by atoms with van der Waals surface area (Å²) in [6.07, 6.45) is 7.17. The Balaban J connectivity index is 1.24. The fourth-order valence-electron chi connectivity index (χ4n) is 8.74. The number of piperazine rings is 1. The Morgan fingerprint density at radius 2 is 1.79 bits per heavy atom. The standard InChI is InChI=1S/C41H41F3N6O3/c1-7-25-9-8-10-26-13-27(36(43)44)14-30(32(25)26)34-33(42)35-31(17-45-34)37(48-20-28-11-12-29(21-48)50(28)39(51)53-40(4,5)6)47-38(46-35)52-22-41-15-23(2)18-49(41)19-24(3)16-41/h1,8-10,13-14,17,28-29,36H,2-3,11-12,15-16,18-22H2,4-6H3/t28-,29+. The minimum atomic E-state index is -2.81. The summed E-state index contributed by atoms with van der Waals surface area (Å²) in [5.74, 6) is 2.21. The first kappa shape index (κ1) is 34.9. The number of ether oxygens (including phenoxy) is 2. The average molecular weight is 723 g/mol. The number of anilines is 1. The highest BCUT2D eigenvalue weighted by molar-refractivity contribution is 6.02. The fourth-order valence-corrected chi connectivity index (χ4v) is 8.74. The van der Waals surface area contributed by atoms with E-state index in [0.29, 0.717) is 40.6 Å². The van der Waals surface area contributed by atoms with Gasteiger partial charge in [0, 0.05) is 54.5 Å². The van der Waals surface area contributed by atoms with E-state index in [1.54, 1.807) is 18.2 Å². The van der Waals surface area contributed by atoms with Crippen molar-refractivity contribution in [3.05, 3.63) is 77.8 Å². The topological polar surface area (TPSA) is 83.9 Å². The van der Waals surface area contributed by atoms with E-state index in [-0.39, 0.29) is 58.7 Å². The van der Waals surface area contributed by atoms with Crippen LogP contribution in [0.25, 0.3) is 32.9 Å². The Hall–Kier alpha value is -5.15. The summed E-state index contributed by atoms with van der Waals surface area (Å²) in [5, 5.41) is 1.21. The highest BCUT2D eigenvalue weighted by Crippen LogP contribution is 2.44. The largest absolute Gasteiger partial charge is 0.461 e. The molecule has 12 heteroatoms. The molecule has 0 unspecified atom stereocenters. The SMILES string of the molecule is C#Cc1cccc2cc(C(F)F)cc(-c3ncc4c(N5C[C@H]6CC[C@@H](C5)N6C(=O)OC(C)(C)C)nc(OCC56CC(=C)CN5CC(=C)C6)nc4c3F)c12. The van der Waals surface area contributed by atoms with E-state index in [1.807, 2.05) is 30.6 Å². The number of terminal acetylenes is 1. The molecular formula is C41H41F3N6O3. The average Bonchev–Trinajstić information content (AvgIpc) is 3.68. The lowest BCUT2D eigenvalue weighted by Crippen LogP contribution is -2.57. The van der Waals surface area contributed by atoms with Gasteiger partial charge in [-0.2, -0.15) is 9.97 Å². The molecule has 6 heterocycles. The Bertz CT molecular complexity index is 2210. The molecule has 0 saturated carbocycles. The number of carbonyl (C=O) groups is 1. The van der Waals surface area contributed by atoms with Gasteiger partial charge >= 0.3 is 12.1 Å². The predicted molar refractivity (Wildman–Crippen MR) is 198 cm³/mol. The molecule has 2 aromatic heterocycles. The molecule has 0 aliphatic carbocycles. The number of rotatable bonds is 6. The first-order valence-corrected chi connectivity index (χ1v) is 17.9. The van der Waals surface area contributed by atoms with Crippen LogP contribution in [-0.4, -0.2) is 86.9 Å². The maximum absolute atomic E-state index is 17.2. The highest BCUT2D eigenvalue weighted by Gasteiger charge is 2.48. The van der Waals surface area contributed by atoms with Crippen molar-refractivity contribution in [1.82, 2.24) is 24.8 Å². The maximum atomic E-state index is 17.2. The second-order valence-electron chi connectivity index (χ2n) is 15.8. The van der Waals surface area contributed by atoms with Gasteiger partial charge in [-0.25, -0.2) is 18.0 Å². The van der Waals surface area contributed by atoms with Crippen molar-refractivity contribution in [3.8, 4) is 29.6 Å². The molecule has 0 spiro atoms. The summed E-state index contributed by atoms with van der Waals surface area (Å²) in [4.78, 5) is 33.5. The van der Waals surface area contributed by atoms with E-state index in [2.05, 4.69) is 33.9 Å². The van der Waals surface area contributed by atoms with Crippen molar-refractivity contribution in [2.75, 3.05) is 37.7 Å². The van der Waals surface area contributed by atoms with Crippen LogP contribution in [-0.2, 0) is 4.74 Å². The molecule has 4 aromatic rings. The highest BCUT2D eigenvalue weighted by atomic mass is 19.3. The van der Waals surface area contributed by atoms with E-state index < -0.39 is 17.8 Å². The van der Waals surface area contributed by atoms with Crippen LogP contribution >= 0.6 is 0 Å². The molecule has 1 amide bonds. The zero-order chi connectivity index (χ0) is 37.4. The van der Waals surface area contributed by atoms with Gasteiger partial charge < -0.3 is 14.4 Å². The van der Waals surface area contributed by atoms with Crippen molar-refractivity contribution in [2.45, 2.75) is 76.1 Å². The van der Waals surface area contributed by atoms with Crippen LogP contribution < -0.4 is 9.64 Å². The van der Waals surface area contributed by atoms with E-state index >= 15 is 4.39 Å². The second kappa shape index (κ2) is 12.8. The minimum Gasteiger partial charge on any atom is -0.461 e. The number of aromatic nitrogens is 3. The minimum absolute atomic E-state index is 0.0229. The van der Waals surface area contributed by atoms with Gasteiger partial charge in [-0.15, -0.1) is 6.42 Å². The van der Waals surface area contributed by atoms with Crippen LogP contribution in [0, 0.1) is 18.2 Å². The molecule has 0 radical (unpaired) electrons. The summed E-state index contributed by atoms with van der Waals surface area (Å²) >= 11 is 0. The van der Waals surface area contributed by atoms with Gasteiger partial charge in [-0.3, -0.25) is 14.8 Å². The molecule has 2 atom stereocenters. The summed E-state index contributed by atoms with van der Waals surface area (Å²) in [6.45, 7) is 16.5. The number of amides is 1. The van der Waals surface area contributed by atoms with Crippen LogP contribution in [0.15, 0.2) is 60.8 Å². The Morgan fingerprint density at radius 1 is 1.09 bits per heavy atom. The van der Waals surface area contributed by atoms with Crippen molar-refractivity contribution in [2.24, 2.45) is 0 Å². The van der Waals surface area contributed by atoms with Crippen LogP contribution in [0.1, 0.15) is 64.0 Å². The lowest BCUT2D eigenvalue weighted by molar-refractivity contribution is 0.0122. The van der Waals surface area contributed by atoms with Crippen molar-refractivity contribution in [1.29, 1.82) is 0 Å². The summed E-state index contributed by atoms with van der Waals surface area (Å²) in [7, 11) is 0. The second-order valence-corrected chi connectivity index (χ2v) is 15.8. The molecule has 4 aliphatic rings. The lowest BCUT2D eigenvalue weighted by Gasteiger charge is -2.42. The molecule has 4 aliphatic heterocycles. The monoisotopic (exact) mass is 722 g/mol. The van der Waals surface area contributed by atoms with Crippen molar-refractivity contribution >= 4 is 33.6 Å². The molecule has 53 heavy (non-hydrogen) atoms. The van der Waals surface area contributed by atoms with Crippen molar-refractivity contribution in [3.63, 3.8) is 0 Å². The van der Waals surface area contributed by atoms with Crippen LogP contribution in [0.2, 0.25) is 0 Å². The number of fused-ring (bicyclic) bond motifs is 5. The maximum Gasteiger partial charge on any atom is 0.410 e. The van der Waals surface area contributed by atoms with Crippen molar-refractivity contribution < 1.29 is 27.4 Å². The van der Waals surface area contributed by atoms with Crippen LogP contribution in [0.5, 0.6) is 6.01 Å². The normalized spacial score (nSPS) is 21.2. The van der Waals surface area contributed by atoms with E-state index in [4.69, 9.17) is 20.9 Å². The lowest BCUT2D eigenvalue weighted by atomic mass is 9.92. The van der Waals surface area contributed by atoms with Crippen LogP contribution in [0.4, 0.5) is 23.8 Å². The molecule has 2 aromatic carbocycles. The molecule has 0 N–H and O–H groups in total. The molecule has 274 valence electrons. The molecule has 8 rings (SSSR count). The van der Waals surface area contributed by atoms with Gasteiger partial charge in [0.25, 0.3) is 6.43 Å². The van der Waals surface area contributed by atoms with E-state index in [9.17, 15) is 13.6 Å². The number of halogens is 3. The number of nitrogens with zero attached hydrogens (tertiary/aromatic N) is 6. The first-order chi connectivity index (χ1) is 25.2. The van der Waals surface area contributed by atoms with Gasteiger partial charge in [0.1, 0.15) is 29.2 Å². The van der Waals surface area contributed by atoms with Gasteiger partial charge in [0.2, 0.25) is 0 Å². The number of benzene rings is 2. The molecule has 9 nitrogen and oxygen atoms in total. The van der Waals surface area contributed by atoms with E-state index in [0.717, 1.165) is 49.9 Å². The third-order valence-electron chi connectivity index (χ3n) is 10.8. The van der Waals surface area contributed by atoms with Gasteiger partial charge in [-0.1, -0.05) is 42.4 Å². The number of hydrogen-bond donors (Lipinski definition) is 0. The number of pyridine rings is 1. The number of carbonyl (C=O) groups excluding carboxylic acids is 1. The van der Waals surface area contributed by atoms with Gasteiger partial charge in [-0.05, 0) is 70.0 Å². The fraction of sp³-hybridized carbons (Fsp3) is 0.415. The third kappa shape index (κ3) is 6.14. The number of alkyl halides is 2. The molecule has 4 saturated heterocycles. The molecular weight excluding hydrogens is 681 g/mol. The zero-order valence-electron chi connectivity index (χ0n) is 30.1. The summed E-state index contributed by atoms with van der Waals surface area (Å²) in [6, 6.07) is 7.31. The quantitative estimate of drug-likeness (QED) is 0.147. The van der Waals surface area contributed by atoms with Gasteiger partial charge in [0.05, 0.1) is 23.0 Å². The predicted octanol–water partition coefficient (Wildman–Crippen LogP) is 7.83. The Kier molecular flexibility index (Phi) is 8.41. The molecule has 2 bridgehead atoms. The zero-order valence-corrected chi connectivity index (χ0v) is 30.1. The summed E-state index contributed by atoms with van der Waals surface area (Å²) < 4.78 is 57.7. The van der Waals surface area contributed by atoms with Crippen LogP contribution in [0.3, 0.4) is 0 Å². The summed E-state index contributed by atoms with van der Waals surface area (Å²) in [5.41, 5.74) is 1.26. The van der Waals surface area contributed by atoms with E-state index in [1.165, 1.54) is 18.3 Å². The first-order valence-electron chi connectivity index (χ1n) is 17.9. The Morgan fingerprint density at radius 3 is 2.43 bits per heavy atom. The number of hydrogen-bond acceptors (Lipinski definition) is 8. The smallest absolute Gasteiger partial charge is 0.410 e. The Labute approximate surface area is 306 Å².